The van der Waals surface area contributed by atoms with Gasteiger partial charge in [0.05, 0.1) is 12.2 Å². The maximum atomic E-state index is 11.2. The van der Waals surface area contributed by atoms with Crippen LogP contribution in [0.2, 0.25) is 0 Å². The van der Waals surface area contributed by atoms with Crippen molar-refractivity contribution >= 4 is 17.3 Å². The summed E-state index contributed by atoms with van der Waals surface area (Å²) < 4.78 is 6.07. The lowest BCUT2D eigenvalue weighted by Gasteiger charge is -2.31. The first-order chi connectivity index (χ1) is 12.6. The standard InChI is InChI=1S/C23H29NO3/c1-14(2)19-11-18(12-20-21(19)27-13-23(20,5)6)24(15(3)4)17-9-7-16(8-10-17)22(25)26/h7-12,14-15H,13H2,1-6H3,(H,25,26). The van der Waals surface area contributed by atoms with Gasteiger partial charge in [-0.1, -0.05) is 27.7 Å². The fourth-order valence-corrected chi connectivity index (χ4v) is 3.71. The summed E-state index contributed by atoms with van der Waals surface area (Å²) in [6, 6.07) is 11.8. The maximum absolute atomic E-state index is 11.2. The molecule has 0 radical (unpaired) electrons. The van der Waals surface area contributed by atoms with E-state index >= 15 is 0 Å². The van der Waals surface area contributed by atoms with E-state index in [9.17, 15) is 9.90 Å². The fourth-order valence-electron chi connectivity index (χ4n) is 3.71. The van der Waals surface area contributed by atoms with Crippen LogP contribution >= 0.6 is 0 Å². The van der Waals surface area contributed by atoms with Crippen molar-refractivity contribution < 1.29 is 14.6 Å². The van der Waals surface area contributed by atoms with Gasteiger partial charge in [0.15, 0.2) is 0 Å². The van der Waals surface area contributed by atoms with E-state index in [-0.39, 0.29) is 11.5 Å². The lowest BCUT2D eigenvalue weighted by molar-refractivity contribution is 0.0697. The molecule has 1 aliphatic heterocycles. The van der Waals surface area contributed by atoms with Crippen LogP contribution in [0, 0.1) is 0 Å². The predicted molar refractivity (Wildman–Crippen MR) is 110 cm³/mol. The average molecular weight is 367 g/mol. The number of ether oxygens (including phenoxy) is 1. The molecule has 0 atom stereocenters. The highest BCUT2D eigenvalue weighted by molar-refractivity contribution is 5.88. The summed E-state index contributed by atoms with van der Waals surface area (Å²) in [5.74, 6) is 0.482. The minimum absolute atomic E-state index is 0.0230. The first-order valence-electron chi connectivity index (χ1n) is 9.55. The van der Waals surface area contributed by atoms with Crippen LogP contribution in [0.5, 0.6) is 5.75 Å². The van der Waals surface area contributed by atoms with Gasteiger partial charge in [0.25, 0.3) is 0 Å². The molecule has 0 fully saturated rings. The first kappa shape index (κ1) is 19.3. The predicted octanol–water partition coefficient (Wildman–Crippen LogP) is 5.72. The average Bonchev–Trinajstić information content (AvgIpc) is 2.90. The number of carboxylic acids is 1. The molecule has 0 saturated carbocycles. The van der Waals surface area contributed by atoms with Gasteiger partial charge in [-0.15, -0.1) is 0 Å². The third-order valence-electron chi connectivity index (χ3n) is 5.22. The van der Waals surface area contributed by atoms with Crippen LogP contribution in [0.4, 0.5) is 11.4 Å². The van der Waals surface area contributed by atoms with E-state index < -0.39 is 5.97 Å². The first-order valence-corrected chi connectivity index (χ1v) is 9.55. The van der Waals surface area contributed by atoms with Gasteiger partial charge in [0.1, 0.15) is 5.75 Å². The van der Waals surface area contributed by atoms with Crippen LogP contribution in [-0.4, -0.2) is 23.7 Å². The number of rotatable bonds is 5. The van der Waals surface area contributed by atoms with Crippen molar-refractivity contribution in [2.75, 3.05) is 11.5 Å². The van der Waals surface area contributed by atoms with E-state index in [1.807, 2.05) is 12.1 Å². The largest absolute Gasteiger partial charge is 0.492 e. The Morgan fingerprint density at radius 1 is 1.07 bits per heavy atom. The summed E-state index contributed by atoms with van der Waals surface area (Å²) >= 11 is 0. The zero-order chi connectivity index (χ0) is 19.9. The number of anilines is 2. The molecule has 1 aliphatic rings. The lowest BCUT2D eigenvalue weighted by atomic mass is 9.84. The van der Waals surface area contributed by atoms with Gasteiger partial charge >= 0.3 is 5.97 Å². The van der Waals surface area contributed by atoms with Gasteiger partial charge in [-0.3, -0.25) is 0 Å². The third-order valence-corrected chi connectivity index (χ3v) is 5.22. The van der Waals surface area contributed by atoms with Crippen LogP contribution in [0.3, 0.4) is 0 Å². The molecule has 144 valence electrons. The summed E-state index contributed by atoms with van der Waals surface area (Å²) in [5, 5.41) is 9.17. The highest BCUT2D eigenvalue weighted by atomic mass is 16.5. The molecular formula is C23H29NO3. The van der Waals surface area contributed by atoms with E-state index in [1.165, 1.54) is 11.1 Å². The summed E-state index contributed by atoms with van der Waals surface area (Å²) in [6.07, 6.45) is 0. The number of aromatic carboxylic acids is 1. The minimum Gasteiger partial charge on any atom is -0.492 e. The molecule has 1 N–H and O–H groups in total. The van der Waals surface area contributed by atoms with Crippen molar-refractivity contribution in [3.05, 3.63) is 53.1 Å². The summed E-state index contributed by atoms with van der Waals surface area (Å²) in [6.45, 7) is 13.8. The number of nitrogens with zero attached hydrogens (tertiary/aromatic N) is 1. The molecule has 4 nitrogen and oxygen atoms in total. The SMILES string of the molecule is CC(C)c1cc(N(c2ccc(C(=O)O)cc2)C(C)C)cc2c1OCC2(C)C. The van der Waals surface area contributed by atoms with Gasteiger partial charge in [-0.05, 0) is 61.7 Å². The Balaban J connectivity index is 2.14. The van der Waals surface area contributed by atoms with E-state index in [4.69, 9.17) is 4.74 Å². The Morgan fingerprint density at radius 2 is 1.70 bits per heavy atom. The lowest BCUT2D eigenvalue weighted by Crippen LogP contribution is -2.26. The van der Waals surface area contributed by atoms with Crippen LogP contribution in [0.25, 0.3) is 0 Å². The zero-order valence-corrected chi connectivity index (χ0v) is 17.0. The number of hydrogen-bond donors (Lipinski definition) is 1. The number of hydrogen-bond acceptors (Lipinski definition) is 3. The molecular weight excluding hydrogens is 338 g/mol. The van der Waals surface area contributed by atoms with Crippen LogP contribution < -0.4 is 9.64 Å². The van der Waals surface area contributed by atoms with Crippen LogP contribution in [0.15, 0.2) is 36.4 Å². The number of benzene rings is 2. The van der Waals surface area contributed by atoms with Crippen molar-refractivity contribution in [3.8, 4) is 5.75 Å². The monoisotopic (exact) mass is 367 g/mol. The Morgan fingerprint density at radius 3 is 2.22 bits per heavy atom. The second-order valence-corrected chi connectivity index (χ2v) is 8.55. The highest BCUT2D eigenvalue weighted by Gasteiger charge is 2.35. The molecule has 27 heavy (non-hydrogen) atoms. The second-order valence-electron chi connectivity index (χ2n) is 8.55. The van der Waals surface area contributed by atoms with Gasteiger partial charge in [-0.25, -0.2) is 4.79 Å². The zero-order valence-electron chi connectivity index (χ0n) is 17.0. The number of carboxylic acid groups (broad SMARTS) is 1. The molecule has 0 unspecified atom stereocenters. The Bertz CT molecular complexity index is 851. The molecule has 0 saturated heterocycles. The van der Waals surface area contributed by atoms with Crippen molar-refractivity contribution in [1.29, 1.82) is 0 Å². The molecule has 3 rings (SSSR count). The molecule has 0 aliphatic carbocycles. The van der Waals surface area contributed by atoms with Gasteiger partial charge in [0.2, 0.25) is 0 Å². The third kappa shape index (κ3) is 3.53. The molecule has 0 bridgehead atoms. The highest BCUT2D eigenvalue weighted by Crippen LogP contribution is 2.46. The number of fused-ring (bicyclic) bond motifs is 1. The Hall–Kier alpha value is -2.49. The Kier molecular flexibility index (Phi) is 4.94. The van der Waals surface area contributed by atoms with Crippen LogP contribution in [-0.2, 0) is 5.41 Å². The summed E-state index contributed by atoms with van der Waals surface area (Å²) in [5.41, 5.74) is 4.85. The second kappa shape index (κ2) is 6.91. The molecule has 2 aromatic carbocycles. The van der Waals surface area contributed by atoms with E-state index in [0.29, 0.717) is 18.1 Å². The maximum Gasteiger partial charge on any atom is 0.335 e. The molecule has 0 spiro atoms. The molecule has 1 heterocycles. The normalized spacial score (nSPS) is 15.0. The molecule has 0 aromatic heterocycles. The molecule has 4 heteroatoms. The summed E-state index contributed by atoms with van der Waals surface area (Å²) in [4.78, 5) is 13.4. The fraction of sp³-hybridized carbons (Fsp3) is 0.435. The smallest absolute Gasteiger partial charge is 0.335 e. The van der Waals surface area contributed by atoms with E-state index in [2.05, 4.69) is 58.6 Å². The van der Waals surface area contributed by atoms with Gasteiger partial charge in [0, 0.05) is 28.4 Å². The Labute approximate surface area is 161 Å². The van der Waals surface area contributed by atoms with Crippen LogP contribution in [0.1, 0.15) is 68.9 Å². The number of carbonyl (C=O) groups is 1. The molecule has 0 amide bonds. The minimum atomic E-state index is -0.906. The van der Waals surface area contributed by atoms with Crippen molar-refractivity contribution in [2.45, 2.75) is 58.9 Å². The van der Waals surface area contributed by atoms with Gasteiger partial charge < -0.3 is 14.7 Å². The quantitative estimate of drug-likeness (QED) is 0.734. The summed E-state index contributed by atoms with van der Waals surface area (Å²) in [7, 11) is 0. The van der Waals surface area contributed by atoms with Gasteiger partial charge in [-0.2, -0.15) is 0 Å². The van der Waals surface area contributed by atoms with E-state index in [0.717, 1.165) is 17.1 Å². The van der Waals surface area contributed by atoms with Crippen molar-refractivity contribution in [1.82, 2.24) is 0 Å². The topological polar surface area (TPSA) is 49.8 Å². The van der Waals surface area contributed by atoms with E-state index in [1.54, 1.807) is 12.1 Å². The van der Waals surface area contributed by atoms with Crippen molar-refractivity contribution in [3.63, 3.8) is 0 Å². The van der Waals surface area contributed by atoms with Crippen molar-refractivity contribution in [2.24, 2.45) is 0 Å². The molecule has 2 aromatic rings.